The minimum absolute atomic E-state index is 0.421. The van der Waals surface area contributed by atoms with E-state index in [1.807, 2.05) is 13.8 Å². The average Bonchev–Trinajstić information content (AvgIpc) is 2.66. The summed E-state index contributed by atoms with van der Waals surface area (Å²) in [6.45, 7) is 3.70. The normalized spacial score (nSPS) is 26.2. The Balaban J connectivity index is 2.46. The number of hydrogen-bond acceptors (Lipinski definition) is 4. The van der Waals surface area contributed by atoms with E-state index in [0.717, 1.165) is 35.8 Å². The second-order valence-electron chi connectivity index (χ2n) is 6.21. The minimum atomic E-state index is -3.73. The molecule has 0 radical (unpaired) electrons. The first-order valence-electron chi connectivity index (χ1n) is 8.14. The topological polar surface area (TPSA) is 71.5 Å². The Labute approximate surface area is 129 Å². The molecule has 0 aliphatic carbocycles. The molecule has 0 N–H and O–H groups in total. The first-order valence-corrected chi connectivity index (χ1v) is 11.1. The second kappa shape index (κ2) is 6.62. The van der Waals surface area contributed by atoms with Crippen molar-refractivity contribution in [2.45, 2.75) is 77.5 Å². The van der Waals surface area contributed by atoms with Crippen molar-refractivity contribution in [3.63, 3.8) is 0 Å². The Morgan fingerprint density at radius 1 is 0.810 bits per heavy atom. The lowest BCUT2D eigenvalue weighted by atomic mass is 9.32. The lowest BCUT2D eigenvalue weighted by Gasteiger charge is -2.25. The molecule has 0 aromatic carbocycles. The van der Waals surface area contributed by atoms with Gasteiger partial charge in [0.1, 0.15) is 0 Å². The summed E-state index contributed by atoms with van der Waals surface area (Å²) in [5.41, 5.74) is 0. The molecule has 0 aromatic heterocycles. The van der Waals surface area contributed by atoms with Crippen LogP contribution in [0.2, 0.25) is 12.6 Å². The summed E-state index contributed by atoms with van der Waals surface area (Å²) in [7, 11) is -7.46. The molecule has 9 heteroatoms. The molecule has 2 saturated heterocycles. The van der Waals surface area contributed by atoms with Crippen molar-refractivity contribution in [3.8, 4) is 0 Å². The van der Waals surface area contributed by atoms with Gasteiger partial charge in [-0.05, 0) is 12.8 Å². The highest BCUT2D eigenvalue weighted by atomic mass is 32.3. The van der Waals surface area contributed by atoms with Gasteiger partial charge in [0.25, 0.3) is 0 Å². The lowest BCUT2D eigenvalue weighted by molar-refractivity contribution is 0.415. The maximum Gasteiger partial charge on any atom is 0.302 e. The molecule has 2 aliphatic heterocycles. The molecule has 5 nitrogen and oxygen atoms in total. The van der Waals surface area contributed by atoms with Crippen LogP contribution in [-0.2, 0) is 19.7 Å². The Morgan fingerprint density at radius 2 is 1.19 bits per heavy atom. The summed E-state index contributed by atoms with van der Waals surface area (Å²) in [4.78, 5) is 0. The molecule has 0 amide bonds. The Morgan fingerprint density at radius 3 is 1.57 bits per heavy atom. The van der Waals surface area contributed by atoms with E-state index in [4.69, 9.17) is 0 Å². The predicted molar refractivity (Wildman–Crippen MR) is 88.3 cm³/mol. The summed E-state index contributed by atoms with van der Waals surface area (Å²) >= 11 is 0. The molecule has 0 unspecified atom stereocenters. The van der Waals surface area contributed by atoms with E-state index < -0.39 is 37.6 Å². The van der Waals surface area contributed by atoms with Crippen molar-refractivity contribution in [1.82, 2.24) is 3.71 Å². The third-order valence-electron chi connectivity index (χ3n) is 4.90. The van der Waals surface area contributed by atoms with Crippen molar-refractivity contribution in [1.29, 1.82) is 0 Å². The molecule has 0 aromatic rings. The van der Waals surface area contributed by atoms with E-state index in [9.17, 15) is 16.8 Å². The van der Waals surface area contributed by atoms with Crippen molar-refractivity contribution in [2.24, 2.45) is 0 Å². The fourth-order valence-electron chi connectivity index (χ4n) is 3.69. The van der Waals surface area contributed by atoms with Gasteiger partial charge in [-0.3, -0.25) is 0 Å². The van der Waals surface area contributed by atoms with Gasteiger partial charge in [0.2, 0.25) is 0 Å². The van der Waals surface area contributed by atoms with Gasteiger partial charge in [-0.2, -0.15) is 0 Å². The van der Waals surface area contributed by atoms with Crippen LogP contribution < -0.4 is 0 Å². The molecule has 21 heavy (non-hydrogen) atoms. The highest BCUT2D eigenvalue weighted by Crippen LogP contribution is 2.36. The molecule has 0 bridgehead atoms. The van der Waals surface area contributed by atoms with Gasteiger partial charge in [0.05, 0.1) is 0 Å². The molecule has 2 rings (SSSR count). The Hall–Kier alpha value is -0.0101. The minimum Gasteiger partial charge on any atom is -0.225 e. The van der Waals surface area contributed by atoms with Crippen LogP contribution in [0.3, 0.4) is 0 Å². The zero-order chi connectivity index (χ0) is 15.7. The molecule has 2 fully saturated rings. The van der Waals surface area contributed by atoms with Crippen LogP contribution in [0.1, 0.15) is 58.8 Å². The first kappa shape index (κ1) is 17.3. The summed E-state index contributed by atoms with van der Waals surface area (Å²) in [5.74, 6) is -1.44. The van der Waals surface area contributed by atoms with Crippen LogP contribution in [0, 0.1) is 0 Å². The van der Waals surface area contributed by atoms with Gasteiger partial charge in [-0.15, -0.1) is 3.71 Å². The molecule has 2 aliphatic rings. The summed E-state index contributed by atoms with van der Waals surface area (Å²) < 4.78 is 52.2. The van der Waals surface area contributed by atoms with Crippen LogP contribution in [-0.4, -0.2) is 38.4 Å². The molecule has 0 spiro atoms. The number of hydrogen-bond donors (Lipinski definition) is 0. The number of nitrogens with zero attached hydrogens (tertiary/aromatic N) is 1. The van der Waals surface area contributed by atoms with E-state index in [2.05, 4.69) is 0 Å². The van der Waals surface area contributed by atoms with Crippen LogP contribution in [0.15, 0.2) is 0 Å². The van der Waals surface area contributed by atoms with E-state index >= 15 is 0 Å². The van der Waals surface area contributed by atoms with Gasteiger partial charge in [-0.25, -0.2) is 16.8 Å². The van der Waals surface area contributed by atoms with Gasteiger partial charge >= 0.3 is 11.8 Å². The van der Waals surface area contributed by atoms with Crippen molar-refractivity contribution in [2.75, 3.05) is 0 Å². The van der Waals surface area contributed by atoms with Gasteiger partial charge in [0, 0.05) is 6.04 Å². The Bertz CT molecular complexity index is 516. The quantitative estimate of drug-likeness (QED) is 0.742. The summed E-state index contributed by atoms with van der Waals surface area (Å²) in [6.07, 6.45) is 6.76. The molecule has 0 saturated carbocycles. The molecule has 0 atom stereocenters. The smallest absolute Gasteiger partial charge is 0.225 e. The molecule has 120 valence electrons. The highest BCUT2D eigenvalue weighted by molar-refractivity contribution is 8.46. The van der Waals surface area contributed by atoms with Crippen LogP contribution in [0.25, 0.3) is 0 Å². The standard InChI is InChI=1S/C12H25B2NO4S2/c1-3-12(4-2)15-20(16,17)13-10-8-6-5-7-9-11-14(13)21(15,18)19/h12H,3-11H2,1-2H3. The van der Waals surface area contributed by atoms with E-state index in [-0.39, 0.29) is 0 Å². The molecule has 2 heterocycles. The zero-order valence-electron chi connectivity index (χ0n) is 13.0. The lowest BCUT2D eigenvalue weighted by Crippen LogP contribution is -2.41. The zero-order valence-corrected chi connectivity index (χ0v) is 14.6. The number of fused-ring (bicyclic) bond motifs is 1. The monoisotopic (exact) mass is 333 g/mol. The third kappa shape index (κ3) is 3.06. The van der Waals surface area contributed by atoms with E-state index in [0.29, 0.717) is 25.5 Å². The van der Waals surface area contributed by atoms with Crippen molar-refractivity contribution < 1.29 is 16.8 Å². The van der Waals surface area contributed by atoms with Crippen LogP contribution >= 0.6 is 0 Å². The fraction of sp³-hybridized carbons (Fsp3) is 1.00. The third-order valence-corrected chi connectivity index (χ3v) is 10.6. The van der Waals surface area contributed by atoms with Gasteiger partial charge < -0.3 is 0 Å². The average molecular weight is 333 g/mol. The maximum atomic E-state index is 12.8. The summed E-state index contributed by atoms with van der Waals surface area (Å²) in [5, 5.41) is 0. The first-order chi connectivity index (χ1) is 9.87. The Kier molecular flexibility index (Phi) is 5.47. The van der Waals surface area contributed by atoms with Gasteiger partial charge in [0.15, 0.2) is 19.7 Å². The summed E-state index contributed by atoms with van der Waals surface area (Å²) in [6, 6.07) is -0.421. The highest BCUT2D eigenvalue weighted by Gasteiger charge is 2.63. The van der Waals surface area contributed by atoms with Crippen molar-refractivity contribution in [3.05, 3.63) is 0 Å². The largest absolute Gasteiger partial charge is 0.302 e. The SMILES string of the molecule is CCC(CC)N1S(=O)(=O)B2CCCCCCCB2S1(=O)=O. The van der Waals surface area contributed by atoms with Gasteiger partial charge in [-0.1, -0.05) is 58.6 Å². The second-order valence-corrected chi connectivity index (χ2v) is 10.5. The molecular weight excluding hydrogens is 308 g/mol. The van der Waals surface area contributed by atoms with Crippen LogP contribution in [0.4, 0.5) is 0 Å². The van der Waals surface area contributed by atoms with Crippen LogP contribution in [0.5, 0.6) is 0 Å². The maximum absolute atomic E-state index is 12.8. The van der Waals surface area contributed by atoms with Crippen molar-refractivity contribution >= 4 is 31.5 Å². The fourth-order valence-corrected chi connectivity index (χ4v) is 10.3. The molecular formula is C12H25B2NO4S2. The van der Waals surface area contributed by atoms with E-state index in [1.165, 1.54) is 0 Å². The number of rotatable bonds is 3. The predicted octanol–water partition coefficient (Wildman–Crippen LogP) is 2.18. The van der Waals surface area contributed by atoms with E-state index in [1.54, 1.807) is 0 Å².